The molecule has 1 saturated heterocycles. The van der Waals surface area contributed by atoms with E-state index in [1.54, 1.807) is 0 Å². The van der Waals surface area contributed by atoms with E-state index in [-0.39, 0.29) is 69.1 Å². The quantitative estimate of drug-likeness (QED) is 0.424. The number of rotatable bonds is 2. The predicted molar refractivity (Wildman–Crippen MR) is 61.0 cm³/mol. The summed E-state index contributed by atoms with van der Waals surface area (Å²) in [6.45, 7) is 2.11. The van der Waals surface area contributed by atoms with Crippen molar-refractivity contribution in [1.29, 1.82) is 0 Å². The molecule has 2 fully saturated rings. The minimum atomic E-state index is -0.0212. The van der Waals surface area contributed by atoms with Crippen LogP contribution in [0.5, 0.6) is 0 Å². The molecule has 16 heavy (non-hydrogen) atoms. The number of carbonyl (C=O) groups is 2. The largest absolute Gasteiger partial charge is 0.494 e. The van der Waals surface area contributed by atoms with Gasteiger partial charge >= 0.3 is 0 Å². The van der Waals surface area contributed by atoms with Gasteiger partial charge in [-0.2, -0.15) is 0 Å². The van der Waals surface area contributed by atoms with Crippen LogP contribution in [0.3, 0.4) is 0 Å². The molecule has 0 aromatic rings. The van der Waals surface area contributed by atoms with Gasteiger partial charge in [0, 0.05) is 70.6 Å². The van der Waals surface area contributed by atoms with Gasteiger partial charge in [0.2, 0.25) is 0 Å². The average molecular weight is 247 g/mol. The molecule has 1 atom stereocenters. The van der Waals surface area contributed by atoms with Crippen LogP contribution in [0.15, 0.2) is 11.3 Å². The topological polar surface area (TPSA) is 43.4 Å². The van der Waals surface area contributed by atoms with E-state index in [4.69, 9.17) is 4.74 Å². The van der Waals surface area contributed by atoms with E-state index in [2.05, 4.69) is 6.92 Å². The van der Waals surface area contributed by atoms with Gasteiger partial charge in [-0.15, -0.1) is 0 Å². The summed E-state index contributed by atoms with van der Waals surface area (Å²) < 4.78 is 5.66. The Morgan fingerprint density at radius 2 is 1.81 bits per heavy atom. The van der Waals surface area contributed by atoms with Crippen LogP contribution in [0.1, 0.15) is 45.4 Å². The summed E-state index contributed by atoms with van der Waals surface area (Å²) in [5.74, 6) is 0.625. The second-order valence-corrected chi connectivity index (χ2v) is 4.21. The number of hydrogen-bond acceptors (Lipinski definition) is 3. The van der Waals surface area contributed by atoms with Gasteiger partial charge in [-0.05, 0) is 12.8 Å². The van der Waals surface area contributed by atoms with Crippen LogP contribution in [-0.2, 0) is 14.3 Å². The molecule has 0 bridgehead atoms. The fourth-order valence-corrected chi connectivity index (χ4v) is 2.26. The van der Waals surface area contributed by atoms with E-state index < -0.39 is 0 Å². The third-order valence-corrected chi connectivity index (χ3v) is 3.03. The summed E-state index contributed by atoms with van der Waals surface area (Å²) >= 11 is 0. The van der Waals surface area contributed by atoms with Crippen LogP contribution in [0.2, 0.25) is 0 Å². The minimum absolute atomic E-state index is 0. The molecule has 1 radical (unpaired) electrons. The van der Waals surface area contributed by atoms with Crippen LogP contribution >= 0.6 is 0 Å². The fourth-order valence-electron chi connectivity index (χ4n) is 2.26. The SMILES string of the molecule is CCCC1CCC(=C2C(=O)CCC2=O)O1.[K]. The summed E-state index contributed by atoms with van der Waals surface area (Å²) in [7, 11) is 0. The molecule has 1 unspecified atom stereocenters. The Hall–Kier alpha value is 0.516. The van der Waals surface area contributed by atoms with E-state index in [1.807, 2.05) is 0 Å². The number of Topliss-reactive ketones (excluding diaryl/α,β-unsaturated/α-hetero) is 2. The van der Waals surface area contributed by atoms with Gasteiger partial charge in [0.25, 0.3) is 0 Å². The Morgan fingerprint density at radius 3 is 2.38 bits per heavy atom. The number of ether oxygens (including phenoxy) is 1. The van der Waals surface area contributed by atoms with Crippen molar-refractivity contribution < 1.29 is 14.3 Å². The third-order valence-electron chi connectivity index (χ3n) is 3.03. The van der Waals surface area contributed by atoms with E-state index in [1.165, 1.54) is 0 Å². The number of carbonyl (C=O) groups excluding carboxylic acids is 2. The molecule has 0 amide bonds. The Balaban J connectivity index is 0.00000128. The van der Waals surface area contributed by atoms with E-state index in [0.717, 1.165) is 25.7 Å². The Bertz CT molecular complexity index is 315. The first-order valence-corrected chi connectivity index (χ1v) is 5.68. The normalized spacial score (nSPS) is 24.7. The van der Waals surface area contributed by atoms with Gasteiger partial charge < -0.3 is 4.74 Å². The van der Waals surface area contributed by atoms with Crippen molar-refractivity contribution in [1.82, 2.24) is 0 Å². The molecule has 0 aromatic carbocycles. The molecule has 4 heteroatoms. The first-order valence-electron chi connectivity index (χ1n) is 5.68. The van der Waals surface area contributed by atoms with Crippen molar-refractivity contribution in [2.24, 2.45) is 0 Å². The monoisotopic (exact) mass is 247 g/mol. The first-order chi connectivity index (χ1) is 7.22. The summed E-state index contributed by atoms with van der Waals surface area (Å²) in [6, 6.07) is 0. The van der Waals surface area contributed by atoms with Gasteiger partial charge in [0.05, 0.1) is 11.7 Å². The van der Waals surface area contributed by atoms with Crippen molar-refractivity contribution in [3.63, 3.8) is 0 Å². The zero-order chi connectivity index (χ0) is 10.8. The maximum Gasteiger partial charge on any atom is 0.170 e. The van der Waals surface area contributed by atoms with Crippen LogP contribution in [-0.4, -0.2) is 69.1 Å². The van der Waals surface area contributed by atoms with Crippen molar-refractivity contribution >= 4 is 63.0 Å². The molecule has 0 aromatic heterocycles. The molecular formula is C12H16KO3. The molecule has 3 nitrogen and oxygen atoms in total. The maximum atomic E-state index is 11.5. The Labute approximate surface area is 138 Å². The molecular weight excluding hydrogens is 231 g/mol. The second-order valence-electron chi connectivity index (χ2n) is 4.21. The first kappa shape index (κ1) is 14.6. The van der Waals surface area contributed by atoms with Crippen molar-refractivity contribution in [3.05, 3.63) is 11.3 Å². The molecule has 1 saturated carbocycles. The van der Waals surface area contributed by atoms with E-state index >= 15 is 0 Å². The number of allylic oxidation sites excluding steroid dienone is 2. The molecule has 1 aliphatic heterocycles. The van der Waals surface area contributed by atoms with Crippen molar-refractivity contribution in [2.45, 2.75) is 51.6 Å². The van der Waals surface area contributed by atoms with Gasteiger partial charge in [-0.3, -0.25) is 9.59 Å². The molecule has 1 heterocycles. The van der Waals surface area contributed by atoms with Crippen molar-refractivity contribution in [3.8, 4) is 0 Å². The van der Waals surface area contributed by atoms with E-state index in [0.29, 0.717) is 24.2 Å². The Morgan fingerprint density at radius 1 is 1.19 bits per heavy atom. The van der Waals surface area contributed by atoms with Gasteiger partial charge in [-0.25, -0.2) is 0 Å². The van der Waals surface area contributed by atoms with Crippen LogP contribution < -0.4 is 0 Å². The molecule has 2 aliphatic rings. The van der Waals surface area contributed by atoms with Gasteiger partial charge in [0.1, 0.15) is 5.76 Å². The van der Waals surface area contributed by atoms with Crippen LogP contribution in [0, 0.1) is 0 Å². The predicted octanol–water partition coefficient (Wildman–Crippen LogP) is 1.77. The third kappa shape index (κ3) is 3.04. The summed E-state index contributed by atoms with van der Waals surface area (Å²) in [5.41, 5.74) is 0.369. The maximum absolute atomic E-state index is 11.5. The number of hydrogen-bond donors (Lipinski definition) is 0. The van der Waals surface area contributed by atoms with Crippen molar-refractivity contribution in [2.75, 3.05) is 0 Å². The molecule has 0 N–H and O–H groups in total. The molecule has 2 rings (SSSR count). The number of ketones is 2. The summed E-state index contributed by atoms with van der Waals surface area (Å²) in [6.07, 6.45) is 4.77. The fraction of sp³-hybridized carbons (Fsp3) is 0.667. The smallest absolute Gasteiger partial charge is 0.170 e. The van der Waals surface area contributed by atoms with Crippen LogP contribution in [0.4, 0.5) is 0 Å². The molecule has 0 spiro atoms. The minimum Gasteiger partial charge on any atom is -0.494 e. The standard InChI is InChI=1S/C12H16O3.K/c1-2-3-8-4-7-11(15-8)12-9(13)5-6-10(12)14;/h8H,2-7H2,1H3;. The summed E-state index contributed by atoms with van der Waals surface area (Å²) in [4.78, 5) is 23.0. The van der Waals surface area contributed by atoms with Gasteiger partial charge in [0.15, 0.2) is 11.6 Å². The second kappa shape index (κ2) is 6.45. The van der Waals surface area contributed by atoms with Crippen LogP contribution in [0.25, 0.3) is 0 Å². The molecule has 83 valence electrons. The Kier molecular flexibility index (Phi) is 5.88. The zero-order valence-electron chi connectivity index (χ0n) is 10.0. The molecule has 1 aliphatic carbocycles. The van der Waals surface area contributed by atoms with E-state index in [9.17, 15) is 9.59 Å². The van der Waals surface area contributed by atoms with Gasteiger partial charge in [-0.1, -0.05) is 13.3 Å². The summed E-state index contributed by atoms with van der Waals surface area (Å²) in [5, 5.41) is 0. The average Bonchev–Trinajstić information content (AvgIpc) is 2.75. The zero-order valence-corrected chi connectivity index (χ0v) is 13.2.